The topological polar surface area (TPSA) is 96.4 Å². The predicted molar refractivity (Wildman–Crippen MR) is 145 cm³/mol. The summed E-state index contributed by atoms with van der Waals surface area (Å²) in [6.07, 6.45) is 5.15. The van der Waals surface area contributed by atoms with Gasteiger partial charge in [0, 0.05) is 16.9 Å². The Kier molecular flexibility index (Phi) is 9.34. The third kappa shape index (κ3) is 5.41. The molecule has 1 spiro atoms. The van der Waals surface area contributed by atoms with Crippen molar-refractivity contribution in [2.24, 2.45) is 17.8 Å². The van der Waals surface area contributed by atoms with Crippen molar-refractivity contribution < 1.29 is 29.0 Å². The number of ether oxygens (including phenoxy) is 2. The standard InChI is InChI=1S/C28H43BrN2O6/c1-8-10-11-13-36-26(35)20-21-24(33)31(18(16-32)14-17(3)4)23(28(21)15-19(29)22(20)37-28)25(34)30(12-9-2)27(5,6)7/h8-9,17-23,32H,1-2,10-16H2,3-7H3/t18-,19?,20-,21+,22-,23?,28?/m1/s1. The molecule has 0 saturated carbocycles. The van der Waals surface area contributed by atoms with Gasteiger partial charge in [0.05, 0.1) is 37.2 Å². The van der Waals surface area contributed by atoms with Gasteiger partial charge in [-0.05, 0) is 52.4 Å². The second-order valence-corrected chi connectivity index (χ2v) is 13.1. The molecule has 0 aliphatic carbocycles. The lowest BCUT2D eigenvalue weighted by Crippen LogP contribution is -2.62. The lowest BCUT2D eigenvalue weighted by atomic mass is 9.70. The normalized spacial score (nSPS) is 31.4. The van der Waals surface area contributed by atoms with Crippen molar-refractivity contribution in [3.8, 4) is 0 Å². The maximum atomic E-state index is 14.4. The monoisotopic (exact) mass is 582 g/mol. The summed E-state index contributed by atoms with van der Waals surface area (Å²) in [4.78, 5) is 45.0. The van der Waals surface area contributed by atoms with Gasteiger partial charge in [-0.3, -0.25) is 14.4 Å². The number of hydrogen-bond acceptors (Lipinski definition) is 6. The number of esters is 1. The molecule has 208 valence electrons. The Hall–Kier alpha value is -1.71. The average molecular weight is 584 g/mol. The first-order valence-electron chi connectivity index (χ1n) is 13.3. The number of halogens is 1. The molecule has 0 aromatic heterocycles. The largest absolute Gasteiger partial charge is 0.465 e. The number of allylic oxidation sites excluding steroid dienone is 1. The van der Waals surface area contributed by atoms with E-state index in [1.807, 2.05) is 34.6 Å². The van der Waals surface area contributed by atoms with E-state index in [1.165, 1.54) is 4.90 Å². The maximum Gasteiger partial charge on any atom is 0.312 e. The van der Waals surface area contributed by atoms with Crippen LogP contribution < -0.4 is 0 Å². The Morgan fingerprint density at radius 2 is 2.00 bits per heavy atom. The number of amides is 2. The van der Waals surface area contributed by atoms with E-state index in [-0.39, 0.29) is 35.8 Å². The van der Waals surface area contributed by atoms with Gasteiger partial charge in [0.2, 0.25) is 11.8 Å². The molecular formula is C28H43BrN2O6. The van der Waals surface area contributed by atoms with Crippen LogP contribution in [0.1, 0.15) is 60.3 Å². The van der Waals surface area contributed by atoms with E-state index in [2.05, 4.69) is 29.1 Å². The van der Waals surface area contributed by atoms with Crippen molar-refractivity contribution in [3.63, 3.8) is 0 Å². The summed E-state index contributed by atoms with van der Waals surface area (Å²) in [5.74, 6) is -2.55. The Morgan fingerprint density at radius 1 is 1.32 bits per heavy atom. The SMILES string of the molecule is C=CCCCOC(=O)[C@H]1[C@@H]2OC3(CC2Br)C(C(=O)N(CC=C)C(C)(C)C)N([C@@H](CO)CC(C)C)C(=O)[C@H]13. The van der Waals surface area contributed by atoms with Crippen LogP contribution in [0.15, 0.2) is 25.3 Å². The highest BCUT2D eigenvalue weighted by molar-refractivity contribution is 9.09. The highest BCUT2D eigenvalue weighted by Crippen LogP contribution is 2.61. The van der Waals surface area contributed by atoms with Gasteiger partial charge in [-0.15, -0.1) is 13.2 Å². The average Bonchev–Trinajstić information content (AvgIpc) is 3.40. The number of carbonyl (C=O) groups excluding carboxylic acids is 3. The fraction of sp³-hybridized carbons (Fsp3) is 0.750. The van der Waals surface area contributed by atoms with Crippen LogP contribution in [0.25, 0.3) is 0 Å². The van der Waals surface area contributed by atoms with Crippen molar-refractivity contribution >= 4 is 33.7 Å². The number of rotatable bonds is 12. The van der Waals surface area contributed by atoms with Crippen molar-refractivity contribution in [2.75, 3.05) is 19.8 Å². The number of fused-ring (bicyclic) bond motifs is 1. The molecule has 2 amide bonds. The Morgan fingerprint density at radius 3 is 2.54 bits per heavy atom. The van der Waals surface area contributed by atoms with Gasteiger partial charge in [-0.2, -0.15) is 0 Å². The Bertz CT molecular complexity index is 902. The summed E-state index contributed by atoms with van der Waals surface area (Å²) in [6.45, 7) is 17.6. The highest BCUT2D eigenvalue weighted by Gasteiger charge is 2.77. The molecule has 3 heterocycles. The molecule has 3 aliphatic rings. The van der Waals surface area contributed by atoms with Gasteiger partial charge in [0.15, 0.2) is 0 Å². The summed E-state index contributed by atoms with van der Waals surface area (Å²) in [6, 6.07) is -1.55. The van der Waals surface area contributed by atoms with Crippen LogP contribution in [-0.2, 0) is 23.9 Å². The van der Waals surface area contributed by atoms with Crippen LogP contribution in [0.4, 0.5) is 0 Å². The summed E-state index contributed by atoms with van der Waals surface area (Å²) in [5, 5.41) is 10.4. The lowest BCUT2D eigenvalue weighted by Gasteiger charge is -2.43. The summed E-state index contributed by atoms with van der Waals surface area (Å²) in [7, 11) is 0. The number of nitrogens with zero attached hydrogens (tertiary/aromatic N) is 2. The van der Waals surface area contributed by atoms with Crippen LogP contribution in [0.5, 0.6) is 0 Å². The Balaban J connectivity index is 2.08. The van der Waals surface area contributed by atoms with Gasteiger partial charge in [-0.1, -0.05) is 41.9 Å². The molecule has 3 saturated heterocycles. The zero-order valence-electron chi connectivity index (χ0n) is 22.8. The molecule has 3 unspecified atom stereocenters. The number of alkyl halides is 1. The van der Waals surface area contributed by atoms with Crippen LogP contribution in [0.2, 0.25) is 0 Å². The van der Waals surface area contributed by atoms with Crippen LogP contribution in [-0.4, -0.2) is 86.6 Å². The van der Waals surface area contributed by atoms with Crippen molar-refractivity contribution in [1.29, 1.82) is 0 Å². The molecule has 2 bridgehead atoms. The van der Waals surface area contributed by atoms with E-state index in [9.17, 15) is 19.5 Å². The van der Waals surface area contributed by atoms with Crippen LogP contribution >= 0.6 is 15.9 Å². The van der Waals surface area contributed by atoms with Crippen molar-refractivity contribution in [1.82, 2.24) is 9.80 Å². The molecular weight excluding hydrogens is 540 g/mol. The summed E-state index contributed by atoms with van der Waals surface area (Å²) in [5.41, 5.74) is -1.73. The zero-order valence-corrected chi connectivity index (χ0v) is 24.4. The molecule has 0 radical (unpaired) electrons. The molecule has 8 nitrogen and oxygen atoms in total. The molecule has 0 aromatic rings. The molecule has 7 atom stereocenters. The fourth-order valence-corrected chi connectivity index (χ4v) is 7.24. The third-order valence-electron chi connectivity index (χ3n) is 7.77. The van der Waals surface area contributed by atoms with Gasteiger partial charge >= 0.3 is 5.97 Å². The van der Waals surface area contributed by atoms with Crippen molar-refractivity contribution in [2.45, 2.75) is 94.5 Å². The zero-order chi connectivity index (χ0) is 27.7. The van der Waals surface area contributed by atoms with Gasteiger partial charge in [-0.25, -0.2) is 0 Å². The maximum absolute atomic E-state index is 14.4. The van der Waals surface area contributed by atoms with E-state index in [0.717, 1.165) is 6.42 Å². The fourth-order valence-electron chi connectivity index (χ4n) is 6.30. The summed E-state index contributed by atoms with van der Waals surface area (Å²) < 4.78 is 12.1. The minimum atomic E-state index is -1.19. The van der Waals surface area contributed by atoms with Gasteiger partial charge in [0.25, 0.3) is 0 Å². The number of aliphatic hydroxyl groups excluding tert-OH is 1. The second kappa shape index (κ2) is 11.6. The molecule has 1 N–H and O–H groups in total. The molecule has 3 aliphatic heterocycles. The number of hydrogen-bond donors (Lipinski definition) is 1. The quantitative estimate of drug-likeness (QED) is 0.164. The molecule has 3 fully saturated rings. The van der Waals surface area contributed by atoms with E-state index in [0.29, 0.717) is 25.8 Å². The number of unbranched alkanes of at least 4 members (excludes halogenated alkanes) is 1. The second-order valence-electron chi connectivity index (χ2n) is 11.9. The first-order valence-corrected chi connectivity index (χ1v) is 14.2. The van der Waals surface area contributed by atoms with Crippen LogP contribution in [0.3, 0.4) is 0 Å². The van der Waals surface area contributed by atoms with Crippen molar-refractivity contribution in [3.05, 3.63) is 25.3 Å². The molecule has 3 rings (SSSR count). The smallest absolute Gasteiger partial charge is 0.312 e. The first kappa shape index (κ1) is 29.8. The van der Waals surface area contributed by atoms with Gasteiger partial charge in [0.1, 0.15) is 11.6 Å². The minimum absolute atomic E-state index is 0.178. The van der Waals surface area contributed by atoms with E-state index < -0.39 is 47.1 Å². The Labute approximate surface area is 229 Å². The molecule has 37 heavy (non-hydrogen) atoms. The third-order valence-corrected chi connectivity index (χ3v) is 8.61. The molecule has 0 aromatic carbocycles. The first-order chi connectivity index (χ1) is 17.3. The van der Waals surface area contributed by atoms with E-state index >= 15 is 0 Å². The van der Waals surface area contributed by atoms with E-state index in [1.54, 1.807) is 17.1 Å². The number of likely N-dealkylation sites (tertiary alicyclic amines) is 1. The van der Waals surface area contributed by atoms with E-state index in [4.69, 9.17) is 9.47 Å². The highest BCUT2D eigenvalue weighted by atomic mass is 79.9. The summed E-state index contributed by atoms with van der Waals surface area (Å²) >= 11 is 3.68. The number of carbonyl (C=O) groups is 3. The van der Waals surface area contributed by atoms with Gasteiger partial charge < -0.3 is 24.4 Å². The molecule has 9 heteroatoms. The lowest BCUT2D eigenvalue weighted by molar-refractivity contribution is -0.157. The predicted octanol–water partition coefficient (Wildman–Crippen LogP) is 3.46. The number of aliphatic hydroxyl groups is 1. The minimum Gasteiger partial charge on any atom is -0.465 e. The van der Waals surface area contributed by atoms with Crippen LogP contribution in [0, 0.1) is 17.8 Å².